The minimum atomic E-state index is -0.128. The van der Waals surface area contributed by atoms with Gasteiger partial charge in [-0.3, -0.25) is 4.79 Å². The van der Waals surface area contributed by atoms with Crippen LogP contribution in [0.3, 0.4) is 0 Å². The second kappa shape index (κ2) is 4.97. The third-order valence-electron chi connectivity index (χ3n) is 2.73. The number of ether oxygens (including phenoxy) is 1. The zero-order valence-electron chi connectivity index (χ0n) is 8.69. The number of carbonyl (C=O) groups is 1. The van der Waals surface area contributed by atoms with E-state index < -0.39 is 0 Å². The second-order valence-corrected chi connectivity index (χ2v) is 3.77. The molecule has 1 aliphatic heterocycles. The number of hydrogen-bond acceptors (Lipinski definition) is 4. The van der Waals surface area contributed by atoms with E-state index in [-0.39, 0.29) is 11.9 Å². The highest BCUT2D eigenvalue weighted by Crippen LogP contribution is 2.23. The molecule has 0 aromatic heterocycles. The molecule has 0 spiro atoms. The molecule has 2 unspecified atom stereocenters. The van der Waals surface area contributed by atoms with Gasteiger partial charge in [-0.1, -0.05) is 6.92 Å². The maximum Gasteiger partial charge on any atom is 0.310 e. The Kier molecular flexibility index (Phi) is 3.90. The summed E-state index contributed by atoms with van der Waals surface area (Å²) in [6.45, 7) is 4.43. The Hall–Kier alpha value is -1.08. The van der Waals surface area contributed by atoms with Gasteiger partial charge in [0.05, 0.1) is 19.1 Å². The first-order chi connectivity index (χ1) is 6.69. The molecule has 1 fully saturated rings. The molecular weight excluding hydrogens is 180 g/mol. The summed E-state index contributed by atoms with van der Waals surface area (Å²) in [6.07, 6.45) is 0.528. The Labute approximate surface area is 84.4 Å². The third-order valence-corrected chi connectivity index (χ3v) is 2.73. The smallest absolute Gasteiger partial charge is 0.310 e. The molecule has 0 aliphatic carbocycles. The lowest BCUT2D eigenvalue weighted by atomic mass is 9.99. The molecule has 1 heterocycles. The standard InChI is InChI=1S/C10H16N2O2/c1-8-6-12(5-3-4-11)7-9(8)10(13)14-2/h8-9H,3,5-7H2,1-2H3. The Morgan fingerprint density at radius 3 is 2.93 bits per heavy atom. The third kappa shape index (κ3) is 2.46. The number of hydrogen-bond donors (Lipinski definition) is 0. The Balaban J connectivity index is 2.44. The second-order valence-electron chi connectivity index (χ2n) is 3.77. The molecule has 1 rings (SSSR count). The van der Waals surface area contributed by atoms with Crippen molar-refractivity contribution in [3.05, 3.63) is 0 Å². The number of rotatable bonds is 3. The number of likely N-dealkylation sites (tertiary alicyclic amines) is 1. The first kappa shape index (κ1) is 11.0. The van der Waals surface area contributed by atoms with E-state index in [0.717, 1.165) is 19.6 Å². The number of nitriles is 1. The highest BCUT2D eigenvalue weighted by Gasteiger charge is 2.34. The van der Waals surface area contributed by atoms with Crippen molar-refractivity contribution in [1.29, 1.82) is 5.26 Å². The first-order valence-corrected chi connectivity index (χ1v) is 4.86. The number of carbonyl (C=O) groups excluding carboxylic acids is 1. The van der Waals surface area contributed by atoms with E-state index in [4.69, 9.17) is 10.00 Å². The van der Waals surface area contributed by atoms with Crippen LogP contribution in [-0.4, -0.2) is 37.6 Å². The van der Waals surface area contributed by atoms with Crippen molar-refractivity contribution in [2.75, 3.05) is 26.7 Å². The monoisotopic (exact) mass is 196 g/mol. The summed E-state index contributed by atoms with van der Waals surface area (Å²) in [7, 11) is 1.42. The van der Waals surface area contributed by atoms with Gasteiger partial charge >= 0.3 is 5.97 Å². The molecule has 2 atom stereocenters. The molecule has 0 amide bonds. The summed E-state index contributed by atoms with van der Waals surface area (Å²) in [5.41, 5.74) is 0. The van der Waals surface area contributed by atoms with Crippen molar-refractivity contribution in [2.45, 2.75) is 13.3 Å². The fraction of sp³-hybridized carbons (Fsp3) is 0.800. The van der Waals surface area contributed by atoms with Crippen LogP contribution in [0, 0.1) is 23.2 Å². The lowest BCUT2D eigenvalue weighted by Gasteiger charge is -2.12. The fourth-order valence-electron chi connectivity index (χ4n) is 1.92. The average Bonchev–Trinajstić information content (AvgIpc) is 2.55. The molecule has 0 bridgehead atoms. The fourth-order valence-corrected chi connectivity index (χ4v) is 1.92. The van der Waals surface area contributed by atoms with Crippen molar-refractivity contribution >= 4 is 5.97 Å². The van der Waals surface area contributed by atoms with Crippen LogP contribution < -0.4 is 0 Å². The zero-order valence-corrected chi connectivity index (χ0v) is 8.69. The van der Waals surface area contributed by atoms with E-state index in [1.807, 2.05) is 6.92 Å². The topological polar surface area (TPSA) is 53.3 Å². The van der Waals surface area contributed by atoms with Gasteiger partial charge in [-0.2, -0.15) is 5.26 Å². The quantitative estimate of drug-likeness (QED) is 0.622. The highest BCUT2D eigenvalue weighted by atomic mass is 16.5. The summed E-state index contributed by atoms with van der Waals surface area (Å²) in [6, 6.07) is 2.11. The van der Waals surface area contributed by atoms with Gasteiger partial charge < -0.3 is 9.64 Å². The molecule has 0 saturated carbocycles. The summed E-state index contributed by atoms with van der Waals surface area (Å²) in [4.78, 5) is 13.5. The van der Waals surface area contributed by atoms with Crippen molar-refractivity contribution in [1.82, 2.24) is 4.90 Å². The largest absolute Gasteiger partial charge is 0.469 e. The van der Waals surface area contributed by atoms with Crippen LogP contribution in [0.2, 0.25) is 0 Å². The minimum absolute atomic E-state index is 0.0151. The molecule has 78 valence electrons. The highest BCUT2D eigenvalue weighted by molar-refractivity contribution is 5.73. The van der Waals surface area contributed by atoms with Crippen LogP contribution >= 0.6 is 0 Å². The van der Waals surface area contributed by atoms with E-state index in [0.29, 0.717) is 12.3 Å². The van der Waals surface area contributed by atoms with Gasteiger partial charge in [0, 0.05) is 26.1 Å². The molecule has 14 heavy (non-hydrogen) atoms. The van der Waals surface area contributed by atoms with E-state index in [1.54, 1.807) is 0 Å². The van der Waals surface area contributed by atoms with Gasteiger partial charge in [-0.25, -0.2) is 0 Å². The molecule has 0 aromatic carbocycles. The first-order valence-electron chi connectivity index (χ1n) is 4.86. The Morgan fingerprint density at radius 2 is 2.36 bits per heavy atom. The average molecular weight is 196 g/mol. The zero-order chi connectivity index (χ0) is 10.6. The Bertz CT molecular complexity index is 247. The van der Waals surface area contributed by atoms with Crippen LogP contribution in [0.25, 0.3) is 0 Å². The van der Waals surface area contributed by atoms with Crippen LogP contribution in [0.15, 0.2) is 0 Å². The predicted octanol–water partition coefficient (Wildman–Crippen LogP) is 0.641. The maximum atomic E-state index is 11.3. The maximum absolute atomic E-state index is 11.3. The van der Waals surface area contributed by atoms with Crippen LogP contribution in [0.5, 0.6) is 0 Å². The summed E-state index contributed by atoms with van der Waals surface area (Å²) in [5.74, 6) is 0.191. The Morgan fingerprint density at radius 1 is 1.64 bits per heavy atom. The number of nitrogens with zero attached hydrogens (tertiary/aromatic N) is 2. The van der Waals surface area contributed by atoms with Gasteiger partial charge in [0.2, 0.25) is 0 Å². The molecular formula is C10H16N2O2. The van der Waals surface area contributed by atoms with Crippen LogP contribution in [-0.2, 0) is 9.53 Å². The van der Waals surface area contributed by atoms with Crippen LogP contribution in [0.1, 0.15) is 13.3 Å². The van der Waals surface area contributed by atoms with Gasteiger partial charge in [-0.05, 0) is 5.92 Å². The van der Waals surface area contributed by atoms with E-state index >= 15 is 0 Å². The van der Waals surface area contributed by atoms with Gasteiger partial charge in [-0.15, -0.1) is 0 Å². The summed E-state index contributed by atoms with van der Waals surface area (Å²) >= 11 is 0. The van der Waals surface area contributed by atoms with E-state index in [9.17, 15) is 4.79 Å². The van der Waals surface area contributed by atoms with Crippen molar-refractivity contribution in [3.8, 4) is 6.07 Å². The molecule has 0 radical (unpaired) electrons. The predicted molar refractivity (Wildman–Crippen MR) is 51.3 cm³/mol. The van der Waals surface area contributed by atoms with Crippen LogP contribution in [0.4, 0.5) is 0 Å². The van der Waals surface area contributed by atoms with Gasteiger partial charge in [0.15, 0.2) is 0 Å². The van der Waals surface area contributed by atoms with Crippen molar-refractivity contribution in [3.63, 3.8) is 0 Å². The number of esters is 1. The van der Waals surface area contributed by atoms with Gasteiger partial charge in [0.25, 0.3) is 0 Å². The minimum Gasteiger partial charge on any atom is -0.469 e. The molecule has 0 N–H and O–H groups in total. The van der Waals surface area contributed by atoms with Crippen molar-refractivity contribution in [2.24, 2.45) is 11.8 Å². The van der Waals surface area contributed by atoms with Gasteiger partial charge in [0.1, 0.15) is 0 Å². The SMILES string of the molecule is COC(=O)C1CN(CCC#N)CC1C. The molecule has 4 nitrogen and oxygen atoms in total. The lowest BCUT2D eigenvalue weighted by molar-refractivity contribution is -0.146. The van der Waals surface area contributed by atoms with E-state index in [2.05, 4.69) is 11.0 Å². The lowest BCUT2D eigenvalue weighted by Crippen LogP contribution is -2.25. The normalized spacial score (nSPS) is 27.2. The molecule has 4 heteroatoms. The summed E-state index contributed by atoms with van der Waals surface area (Å²) < 4.78 is 4.73. The number of methoxy groups -OCH3 is 1. The van der Waals surface area contributed by atoms with Crippen molar-refractivity contribution < 1.29 is 9.53 Å². The summed E-state index contributed by atoms with van der Waals surface area (Å²) in [5, 5.41) is 8.45. The molecule has 1 aliphatic rings. The molecule has 0 aromatic rings. The van der Waals surface area contributed by atoms with E-state index in [1.165, 1.54) is 7.11 Å². The molecule has 1 saturated heterocycles.